The molecule has 0 aromatic heterocycles. The predicted octanol–water partition coefficient (Wildman–Crippen LogP) is 3.42. The number of hydrogen-bond acceptors (Lipinski definition) is 5. The molecule has 0 radical (unpaired) electrons. The van der Waals surface area contributed by atoms with Crippen molar-refractivity contribution in [2.24, 2.45) is 0 Å². The van der Waals surface area contributed by atoms with Crippen molar-refractivity contribution in [2.75, 3.05) is 19.8 Å². The van der Waals surface area contributed by atoms with Gasteiger partial charge in [-0.3, -0.25) is 9.59 Å². The van der Waals surface area contributed by atoms with Crippen LogP contribution in [0.1, 0.15) is 36.9 Å². The minimum Gasteiger partial charge on any atom is -0.507 e. The molecule has 2 aromatic rings. The van der Waals surface area contributed by atoms with E-state index in [9.17, 15) is 19.1 Å². The fraction of sp³-hybridized carbons (Fsp3) is 0.304. The fourth-order valence-electron chi connectivity index (χ4n) is 3.46. The van der Waals surface area contributed by atoms with Crippen LogP contribution in [-0.2, 0) is 9.59 Å². The van der Waals surface area contributed by atoms with Gasteiger partial charge in [0.2, 0.25) is 0 Å². The van der Waals surface area contributed by atoms with Crippen molar-refractivity contribution in [3.05, 3.63) is 71.0 Å². The number of carbonyl (C=O) groups is 2. The van der Waals surface area contributed by atoms with E-state index in [2.05, 4.69) is 0 Å². The summed E-state index contributed by atoms with van der Waals surface area (Å²) in [7, 11) is 0. The Morgan fingerprint density at radius 2 is 1.83 bits per heavy atom. The van der Waals surface area contributed by atoms with Gasteiger partial charge in [-0.2, -0.15) is 0 Å². The second-order valence-corrected chi connectivity index (χ2v) is 6.96. The van der Waals surface area contributed by atoms with Gasteiger partial charge in [-0.05, 0) is 43.2 Å². The van der Waals surface area contributed by atoms with Gasteiger partial charge in [-0.1, -0.05) is 25.1 Å². The van der Waals surface area contributed by atoms with Crippen LogP contribution in [0, 0.1) is 5.82 Å². The Morgan fingerprint density at radius 3 is 2.47 bits per heavy atom. The normalized spacial score (nSPS) is 18.1. The Labute approximate surface area is 174 Å². The van der Waals surface area contributed by atoms with Gasteiger partial charge >= 0.3 is 0 Å². The molecule has 0 aliphatic carbocycles. The summed E-state index contributed by atoms with van der Waals surface area (Å²) in [5, 5.41) is 20.1. The van der Waals surface area contributed by atoms with Crippen LogP contribution in [0.25, 0.3) is 5.76 Å². The molecule has 0 spiro atoms. The van der Waals surface area contributed by atoms with Gasteiger partial charge in [-0.15, -0.1) is 0 Å². The van der Waals surface area contributed by atoms with Crippen molar-refractivity contribution in [3.8, 4) is 5.75 Å². The maximum atomic E-state index is 14.6. The Kier molecular flexibility index (Phi) is 6.84. The Hall–Kier alpha value is -3.19. The van der Waals surface area contributed by atoms with Gasteiger partial charge in [0.1, 0.15) is 17.3 Å². The lowest BCUT2D eigenvalue weighted by Gasteiger charge is -2.25. The molecular weight excluding hydrogens is 389 g/mol. The summed E-state index contributed by atoms with van der Waals surface area (Å²) in [6, 6.07) is 11.2. The largest absolute Gasteiger partial charge is 0.507 e. The molecule has 1 heterocycles. The summed E-state index contributed by atoms with van der Waals surface area (Å²) in [6.45, 7) is 2.40. The molecule has 1 aliphatic heterocycles. The minimum absolute atomic E-state index is 0.0562. The summed E-state index contributed by atoms with van der Waals surface area (Å²) >= 11 is 0. The monoisotopic (exact) mass is 413 g/mol. The number of hydrogen-bond donors (Lipinski definition) is 2. The standard InChI is InChI=1S/C23H24FNO5/c1-2-14-30-16-10-8-15(9-11-16)21(27)19-20(17-6-3-4-7-18(17)24)25(12-5-13-26)23(29)22(19)28/h3-4,6-11,20,26-27H,2,5,12-14H2,1H3/b21-19+. The summed E-state index contributed by atoms with van der Waals surface area (Å²) in [6.07, 6.45) is 1.07. The number of aliphatic hydroxyl groups is 2. The number of aliphatic hydroxyl groups excluding tert-OH is 2. The van der Waals surface area contributed by atoms with Crippen molar-refractivity contribution in [1.82, 2.24) is 4.90 Å². The third-order valence-corrected chi connectivity index (χ3v) is 4.90. The van der Waals surface area contributed by atoms with E-state index in [-0.39, 0.29) is 36.5 Å². The molecule has 1 amide bonds. The van der Waals surface area contributed by atoms with Crippen LogP contribution < -0.4 is 4.74 Å². The highest BCUT2D eigenvalue weighted by Gasteiger charge is 2.46. The first kappa shape index (κ1) is 21.5. The Bertz CT molecular complexity index is 954. The molecule has 2 N–H and O–H groups in total. The Balaban J connectivity index is 2.08. The molecule has 30 heavy (non-hydrogen) atoms. The summed E-state index contributed by atoms with van der Waals surface area (Å²) in [5.74, 6) is -2.07. The molecule has 6 nitrogen and oxygen atoms in total. The van der Waals surface area contributed by atoms with Crippen molar-refractivity contribution in [3.63, 3.8) is 0 Å². The first-order chi connectivity index (χ1) is 14.5. The van der Waals surface area contributed by atoms with Crippen LogP contribution in [0.4, 0.5) is 4.39 Å². The third kappa shape index (κ3) is 4.21. The topological polar surface area (TPSA) is 87.1 Å². The summed E-state index contributed by atoms with van der Waals surface area (Å²) in [4.78, 5) is 26.6. The zero-order valence-corrected chi connectivity index (χ0v) is 16.7. The molecule has 3 rings (SSSR count). The average Bonchev–Trinajstić information content (AvgIpc) is 3.01. The van der Waals surface area contributed by atoms with Gasteiger partial charge < -0.3 is 19.8 Å². The minimum atomic E-state index is -1.08. The number of ketones is 1. The van der Waals surface area contributed by atoms with Crippen molar-refractivity contribution < 1.29 is 28.9 Å². The number of ether oxygens (including phenoxy) is 1. The van der Waals surface area contributed by atoms with Crippen LogP contribution >= 0.6 is 0 Å². The maximum Gasteiger partial charge on any atom is 0.295 e. The first-order valence-electron chi connectivity index (χ1n) is 9.86. The quantitative estimate of drug-likeness (QED) is 0.393. The zero-order valence-electron chi connectivity index (χ0n) is 16.7. The van der Waals surface area contributed by atoms with Gasteiger partial charge in [-0.25, -0.2) is 4.39 Å². The molecule has 1 saturated heterocycles. The molecule has 158 valence electrons. The van der Waals surface area contributed by atoms with Crippen molar-refractivity contribution in [1.29, 1.82) is 0 Å². The maximum absolute atomic E-state index is 14.6. The number of benzene rings is 2. The SMILES string of the molecule is CCCOc1ccc(/C(O)=C2\C(=O)C(=O)N(CCCO)C2c2ccccc2F)cc1. The van der Waals surface area contributed by atoms with E-state index >= 15 is 0 Å². The lowest BCUT2D eigenvalue weighted by molar-refractivity contribution is -0.140. The first-order valence-corrected chi connectivity index (χ1v) is 9.86. The molecule has 1 fully saturated rings. The highest BCUT2D eigenvalue weighted by atomic mass is 19.1. The fourth-order valence-corrected chi connectivity index (χ4v) is 3.46. The highest BCUT2D eigenvalue weighted by Crippen LogP contribution is 2.40. The van der Waals surface area contributed by atoms with E-state index in [4.69, 9.17) is 9.84 Å². The summed E-state index contributed by atoms with van der Waals surface area (Å²) < 4.78 is 20.1. The van der Waals surface area contributed by atoms with Crippen LogP contribution in [0.5, 0.6) is 5.75 Å². The number of Topliss-reactive ketones (excluding diaryl/α,β-unsaturated/α-hetero) is 1. The van der Waals surface area contributed by atoms with E-state index in [1.165, 1.54) is 23.1 Å². The Morgan fingerprint density at radius 1 is 1.13 bits per heavy atom. The molecule has 1 atom stereocenters. The number of rotatable bonds is 8. The number of carbonyl (C=O) groups excluding carboxylic acids is 2. The van der Waals surface area contributed by atoms with E-state index in [0.717, 1.165) is 6.42 Å². The number of likely N-dealkylation sites (tertiary alicyclic amines) is 1. The highest BCUT2D eigenvalue weighted by molar-refractivity contribution is 6.46. The molecule has 0 saturated carbocycles. The van der Waals surface area contributed by atoms with E-state index < -0.39 is 23.5 Å². The molecular formula is C23H24FNO5. The molecule has 1 unspecified atom stereocenters. The smallest absolute Gasteiger partial charge is 0.295 e. The zero-order chi connectivity index (χ0) is 21.7. The molecule has 7 heteroatoms. The van der Waals surface area contributed by atoms with Crippen molar-refractivity contribution >= 4 is 17.4 Å². The number of amides is 1. The lowest BCUT2D eigenvalue weighted by atomic mass is 9.95. The van der Waals surface area contributed by atoms with Crippen LogP contribution in [0.2, 0.25) is 0 Å². The van der Waals surface area contributed by atoms with Crippen LogP contribution in [-0.4, -0.2) is 46.6 Å². The van der Waals surface area contributed by atoms with Gasteiger partial charge in [0.25, 0.3) is 11.7 Å². The number of halogens is 1. The van der Waals surface area contributed by atoms with Crippen molar-refractivity contribution in [2.45, 2.75) is 25.8 Å². The van der Waals surface area contributed by atoms with Gasteiger partial charge in [0.15, 0.2) is 0 Å². The second-order valence-electron chi connectivity index (χ2n) is 6.96. The predicted molar refractivity (Wildman–Crippen MR) is 109 cm³/mol. The molecule has 0 bridgehead atoms. The van der Waals surface area contributed by atoms with Gasteiger partial charge in [0, 0.05) is 24.3 Å². The second kappa shape index (κ2) is 9.54. The van der Waals surface area contributed by atoms with E-state index in [0.29, 0.717) is 17.9 Å². The van der Waals surface area contributed by atoms with E-state index in [1.807, 2.05) is 6.92 Å². The third-order valence-electron chi connectivity index (χ3n) is 4.90. The summed E-state index contributed by atoms with van der Waals surface area (Å²) in [5.41, 5.74) is 0.254. The van der Waals surface area contributed by atoms with Crippen LogP contribution in [0.15, 0.2) is 54.1 Å². The average molecular weight is 413 g/mol. The lowest BCUT2D eigenvalue weighted by Crippen LogP contribution is -2.31. The number of nitrogens with zero attached hydrogens (tertiary/aromatic N) is 1. The van der Waals surface area contributed by atoms with E-state index in [1.54, 1.807) is 30.3 Å². The van der Waals surface area contributed by atoms with Crippen LogP contribution in [0.3, 0.4) is 0 Å². The van der Waals surface area contributed by atoms with Gasteiger partial charge in [0.05, 0.1) is 18.2 Å². The molecule has 1 aliphatic rings. The molecule has 2 aromatic carbocycles.